The van der Waals surface area contributed by atoms with Crippen molar-refractivity contribution in [3.63, 3.8) is 0 Å². The highest BCUT2D eigenvalue weighted by atomic mass is 16.3. The van der Waals surface area contributed by atoms with Crippen LogP contribution in [-0.4, -0.2) is 35.5 Å². The predicted octanol–water partition coefficient (Wildman–Crippen LogP) is 0.886. The molecule has 2 aliphatic heterocycles. The molecule has 0 spiro atoms. The fraction of sp³-hybridized carbons (Fsp3) is 0.500. The third-order valence-corrected chi connectivity index (χ3v) is 3.92. The second kappa shape index (κ2) is 4.61. The van der Waals surface area contributed by atoms with Gasteiger partial charge in [0.15, 0.2) is 0 Å². The molecule has 2 N–H and O–H groups in total. The number of amides is 1. The number of nitrogens with zero attached hydrogens (tertiary/aromatic N) is 1. The Kier molecular flexibility index (Phi) is 2.96. The average molecular weight is 246 g/mol. The van der Waals surface area contributed by atoms with Crippen LogP contribution in [0.5, 0.6) is 5.75 Å². The van der Waals surface area contributed by atoms with Crippen molar-refractivity contribution < 1.29 is 9.90 Å². The highest BCUT2D eigenvalue weighted by molar-refractivity contribution is 5.79. The summed E-state index contributed by atoms with van der Waals surface area (Å²) >= 11 is 0. The highest BCUT2D eigenvalue weighted by Gasteiger charge is 2.29. The fourth-order valence-electron chi connectivity index (χ4n) is 2.86. The molecule has 0 radical (unpaired) electrons. The Bertz CT molecular complexity index is 467. The Labute approximate surface area is 107 Å². The van der Waals surface area contributed by atoms with E-state index in [9.17, 15) is 9.90 Å². The largest absolute Gasteiger partial charge is 0.508 e. The van der Waals surface area contributed by atoms with Crippen LogP contribution in [0, 0.1) is 5.92 Å². The molecule has 0 aromatic heterocycles. The molecule has 1 atom stereocenters. The molecule has 96 valence electrons. The van der Waals surface area contributed by atoms with Gasteiger partial charge in [-0.25, -0.2) is 0 Å². The van der Waals surface area contributed by atoms with Crippen LogP contribution in [0.4, 0.5) is 0 Å². The van der Waals surface area contributed by atoms with Crippen LogP contribution in [-0.2, 0) is 17.8 Å². The zero-order valence-electron chi connectivity index (χ0n) is 10.4. The van der Waals surface area contributed by atoms with Gasteiger partial charge < -0.3 is 15.3 Å². The van der Waals surface area contributed by atoms with Gasteiger partial charge in [0.1, 0.15) is 5.75 Å². The second-order valence-corrected chi connectivity index (χ2v) is 5.15. The fourth-order valence-corrected chi connectivity index (χ4v) is 2.86. The van der Waals surface area contributed by atoms with E-state index in [1.54, 1.807) is 12.1 Å². The molecule has 1 saturated heterocycles. The zero-order chi connectivity index (χ0) is 12.5. The number of phenolic OH excluding ortho intramolecular Hbond substituents is 1. The Hall–Kier alpha value is -1.55. The summed E-state index contributed by atoms with van der Waals surface area (Å²) in [7, 11) is 0. The highest BCUT2D eigenvalue weighted by Crippen LogP contribution is 2.24. The molecule has 2 aliphatic rings. The van der Waals surface area contributed by atoms with Crippen molar-refractivity contribution in [2.75, 3.05) is 19.6 Å². The van der Waals surface area contributed by atoms with Gasteiger partial charge in [-0.1, -0.05) is 6.07 Å². The van der Waals surface area contributed by atoms with E-state index < -0.39 is 0 Å². The maximum atomic E-state index is 12.3. The minimum Gasteiger partial charge on any atom is -0.508 e. The molecular formula is C14H18N2O2. The summed E-state index contributed by atoms with van der Waals surface area (Å²) in [6.45, 7) is 3.19. The summed E-state index contributed by atoms with van der Waals surface area (Å²) < 4.78 is 0. The third kappa shape index (κ3) is 2.08. The molecule has 4 nitrogen and oxygen atoms in total. The maximum absolute atomic E-state index is 12.3. The molecular weight excluding hydrogens is 228 g/mol. The molecule has 0 aliphatic carbocycles. The number of fused-ring (bicyclic) bond motifs is 1. The van der Waals surface area contributed by atoms with Crippen molar-refractivity contribution in [1.29, 1.82) is 0 Å². The quantitative estimate of drug-likeness (QED) is 0.773. The van der Waals surface area contributed by atoms with Gasteiger partial charge in [-0.3, -0.25) is 4.79 Å². The minimum absolute atomic E-state index is 0.142. The van der Waals surface area contributed by atoms with Crippen molar-refractivity contribution in [1.82, 2.24) is 10.2 Å². The number of hydrogen-bond acceptors (Lipinski definition) is 3. The Balaban J connectivity index is 1.75. The number of carbonyl (C=O) groups is 1. The predicted molar refractivity (Wildman–Crippen MR) is 68.2 cm³/mol. The lowest BCUT2D eigenvalue weighted by Gasteiger charge is -2.30. The zero-order valence-corrected chi connectivity index (χ0v) is 10.4. The van der Waals surface area contributed by atoms with E-state index in [4.69, 9.17) is 0 Å². The molecule has 2 heterocycles. The van der Waals surface area contributed by atoms with Crippen LogP contribution in [0.2, 0.25) is 0 Å². The van der Waals surface area contributed by atoms with Crippen molar-refractivity contribution in [2.24, 2.45) is 5.92 Å². The lowest BCUT2D eigenvalue weighted by atomic mass is 9.97. The topological polar surface area (TPSA) is 52.6 Å². The van der Waals surface area contributed by atoms with E-state index in [0.717, 1.165) is 38.0 Å². The van der Waals surface area contributed by atoms with Crippen molar-refractivity contribution >= 4 is 5.91 Å². The lowest BCUT2D eigenvalue weighted by Crippen LogP contribution is -2.40. The van der Waals surface area contributed by atoms with E-state index in [2.05, 4.69) is 5.32 Å². The van der Waals surface area contributed by atoms with Gasteiger partial charge in [-0.2, -0.15) is 0 Å². The summed E-state index contributed by atoms with van der Waals surface area (Å²) in [5, 5.41) is 12.7. The first-order valence-corrected chi connectivity index (χ1v) is 6.54. The summed E-state index contributed by atoms with van der Waals surface area (Å²) in [5.41, 5.74) is 2.34. The van der Waals surface area contributed by atoms with E-state index in [0.29, 0.717) is 6.54 Å². The number of hydrogen-bond donors (Lipinski definition) is 2. The second-order valence-electron chi connectivity index (χ2n) is 5.15. The van der Waals surface area contributed by atoms with Crippen LogP contribution < -0.4 is 5.32 Å². The summed E-state index contributed by atoms with van der Waals surface area (Å²) in [5.74, 6) is 0.684. The number of phenols is 1. The van der Waals surface area contributed by atoms with Crippen LogP contribution in [0.3, 0.4) is 0 Å². The van der Waals surface area contributed by atoms with Crippen LogP contribution in [0.15, 0.2) is 18.2 Å². The Morgan fingerprint density at radius 1 is 1.39 bits per heavy atom. The number of carbonyl (C=O) groups excluding carboxylic acids is 1. The van der Waals surface area contributed by atoms with E-state index >= 15 is 0 Å². The smallest absolute Gasteiger partial charge is 0.227 e. The molecule has 1 amide bonds. The first-order chi connectivity index (χ1) is 8.74. The first kappa shape index (κ1) is 11.5. The van der Waals surface area contributed by atoms with Crippen LogP contribution >= 0.6 is 0 Å². The number of aromatic hydroxyl groups is 1. The first-order valence-electron chi connectivity index (χ1n) is 6.54. The standard InChI is InChI=1S/C14H18N2O2/c17-13-2-1-10-4-6-16(9-12(10)7-13)14(18)11-3-5-15-8-11/h1-2,7,11,15,17H,3-6,8-9H2. The van der Waals surface area contributed by atoms with Crippen LogP contribution in [0.25, 0.3) is 0 Å². The van der Waals surface area contributed by atoms with Crippen molar-refractivity contribution in [3.05, 3.63) is 29.3 Å². The van der Waals surface area contributed by atoms with Gasteiger partial charge in [0.05, 0.1) is 5.92 Å². The van der Waals surface area contributed by atoms with E-state index in [-0.39, 0.29) is 17.6 Å². The van der Waals surface area contributed by atoms with Crippen molar-refractivity contribution in [2.45, 2.75) is 19.4 Å². The van der Waals surface area contributed by atoms with Gasteiger partial charge in [-0.15, -0.1) is 0 Å². The van der Waals surface area contributed by atoms with Crippen molar-refractivity contribution in [3.8, 4) is 5.75 Å². The number of rotatable bonds is 1. The SMILES string of the molecule is O=C(C1CCNC1)N1CCc2ccc(O)cc2C1. The van der Waals surface area contributed by atoms with Crippen LogP contribution in [0.1, 0.15) is 17.5 Å². The van der Waals surface area contributed by atoms with Gasteiger partial charge in [-0.05, 0) is 42.6 Å². The van der Waals surface area contributed by atoms with Gasteiger partial charge in [0, 0.05) is 19.6 Å². The molecule has 1 aromatic carbocycles. The van der Waals surface area contributed by atoms with Gasteiger partial charge in [0.25, 0.3) is 0 Å². The molecule has 18 heavy (non-hydrogen) atoms. The Morgan fingerprint density at radius 2 is 2.28 bits per heavy atom. The third-order valence-electron chi connectivity index (χ3n) is 3.92. The number of nitrogens with one attached hydrogen (secondary N) is 1. The molecule has 1 unspecified atom stereocenters. The summed E-state index contributed by atoms with van der Waals surface area (Å²) in [6, 6.07) is 5.46. The monoisotopic (exact) mass is 246 g/mol. The molecule has 0 bridgehead atoms. The van der Waals surface area contributed by atoms with Gasteiger partial charge in [0.2, 0.25) is 5.91 Å². The maximum Gasteiger partial charge on any atom is 0.227 e. The minimum atomic E-state index is 0.142. The van der Waals surface area contributed by atoms with E-state index in [1.165, 1.54) is 5.56 Å². The Morgan fingerprint density at radius 3 is 3.06 bits per heavy atom. The normalized spacial score (nSPS) is 22.9. The molecule has 3 rings (SSSR count). The number of benzene rings is 1. The lowest BCUT2D eigenvalue weighted by molar-refractivity contribution is -0.135. The van der Waals surface area contributed by atoms with Gasteiger partial charge >= 0.3 is 0 Å². The summed E-state index contributed by atoms with van der Waals surface area (Å²) in [4.78, 5) is 14.2. The summed E-state index contributed by atoms with van der Waals surface area (Å²) in [6.07, 6.45) is 1.84. The molecule has 1 fully saturated rings. The molecule has 1 aromatic rings. The molecule has 0 saturated carbocycles. The average Bonchev–Trinajstić information content (AvgIpc) is 2.90. The van der Waals surface area contributed by atoms with E-state index in [1.807, 2.05) is 11.0 Å². The molecule has 4 heteroatoms.